The average Bonchev–Trinajstić information content (AvgIpc) is 2.71. The van der Waals surface area contributed by atoms with Crippen LogP contribution in [0.5, 0.6) is 0 Å². The Hall–Kier alpha value is -1.35. The molecule has 1 saturated heterocycles. The van der Waals surface area contributed by atoms with Crippen LogP contribution in [0.4, 0.5) is 0 Å². The van der Waals surface area contributed by atoms with Crippen LogP contribution in [-0.2, 0) is 11.2 Å². The van der Waals surface area contributed by atoms with E-state index < -0.39 is 0 Å². The molecule has 1 amide bonds. The Morgan fingerprint density at radius 1 is 1.14 bits per heavy atom. The Kier molecular flexibility index (Phi) is 3.36. The average molecular weight is 286 g/mol. The van der Waals surface area contributed by atoms with Gasteiger partial charge in [0.1, 0.15) is 0 Å². The van der Waals surface area contributed by atoms with Gasteiger partial charge in [-0.15, -0.1) is 0 Å². The first kappa shape index (κ1) is 14.6. The van der Waals surface area contributed by atoms with E-state index >= 15 is 0 Å². The van der Waals surface area contributed by atoms with Crippen molar-refractivity contribution in [2.45, 2.75) is 52.6 Å². The normalized spacial score (nSPS) is 27.1. The summed E-state index contributed by atoms with van der Waals surface area (Å²) in [5, 5.41) is 3.40. The standard InChI is InChI=1S/C18H26N2O/c1-17(2)16(18(17,3)4)20-12-19-14(15(20)21)11-10-13-8-6-5-7-9-13/h5-9,14,16,19H,10-12H2,1-4H3. The summed E-state index contributed by atoms with van der Waals surface area (Å²) in [7, 11) is 0. The molecule has 1 N–H and O–H groups in total. The molecule has 1 heterocycles. The molecule has 1 aromatic carbocycles. The van der Waals surface area contributed by atoms with Gasteiger partial charge in [0.15, 0.2) is 0 Å². The van der Waals surface area contributed by atoms with Crippen molar-refractivity contribution in [2.75, 3.05) is 6.67 Å². The maximum atomic E-state index is 12.6. The maximum Gasteiger partial charge on any atom is 0.241 e. The van der Waals surface area contributed by atoms with E-state index in [-0.39, 0.29) is 22.8 Å². The molecule has 2 aliphatic rings. The van der Waals surface area contributed by atoms with Crippen LogP contribution in [0.3, 0.4) is 0 Å². The number of nitrogens with one attached hydrogen (secondary N) is 1. The van der Waals surface area contributed by atoms with Crippen molar-refractivity contribution in [3.05, 3.63) is 35.9 Å². The number of aryl methyl sites for hydroxylation is 1. The molecule has 0 spiro atoms. The van der Waals surface area contributed by atoms with Crippen molar-refractivity contribution in [1.29, 1.82) is 0 Å². The third kappa shape index (κ3) is 2.28. The van der Waals surface area contributed by atoms with E-state index in [0.717, 1.165) is 12.8 Å². The van der Waals surface area contributed by atoms with Crippen molar-refractivity contribution in [2.24, 2.45) is 10.8 Å². The van der Waals surface area contributed by atoms with Gasteiger partial charge in [0.05, 0.1) is 12.7 Å². The number of amides is 1. The van der Waals surface area contributed by atoms with Gasteiger partial charge in [-0.2, -0.15) is 0 Å². The quantitative estimate of drug-likeness (QED) is 0.923. The SMILES string of the molecule is CC1(C)C(N2CNC(CCc3ccccc3)C2=O)C1(C)C. The topological polar surface area (TPSA) is 32.3 Å². The Morgan fingerprint density at radius 3 is 2.33 bits per heavy atom. The summed E-state index contributed by atoms with van der Waals surface area (Å²) in [6.07, 6.45) is 1.84. The minimum absolute atomic E-state index is 0.0163. The summed E-state index contributed by atoms with van der Waals surface area (Å²) in [6, 6.07) is 10.8. The first-order chi connectivity index (χ1) is 9.85. The number of carbonyl (C=O) groups excluding carboxylic acids is 1. The highest BCUT2D eigenvalue weighted by atomic mass is 16.2. The first-order valence-corrected chi connectivity index (χ1v) is 7.93. The number of carbonyl (C=O) groups is 1. The lowest BCUT2D eigenvalue weighted by atomic mass is 10.0. The number of benzene rings is 1. The number of hydrogen-bond acceptors (Lipinski definition) is 2. The zero-order valence-corrected chi connectivity index (χ0v) is 13.5. The largest absolute Gasteiger partial charge is 0.324 e. The molecular formula is C18H26N2O. The second-order valence-electron chi connectivity index (χ2n) is 7.59. The first-order valence-electron chi connectivity index (χ1n) is 7.93. The number of rotatable bonds is 4. The van der Waals surface area contributed by atoms with Gasteiger partial charge in [0.2, 0.25) is 5.91 Å². The van der Waals surface area contributed by atoms with E-state index in [4.69, 9.17) is 0 Å². The molecular weight excluding hydrogens is 260 g/mol. The zero-order valence-electron chi connectivity index (χ0n) is 13.5. The fraction of sp³-hybridized carbons (Fsp3) is 0.611. The van der Waals surface area contributed by atoms with Crippen molar-refractivity contribution < 1.29 is 4.79 Å². The van der Waals surface area contributed by atoms with E-state index in [9.17, 15) is 4.79 Å². The monoisotopic (exact) mass is 286 g/mol. The lowest BCUT2D eigenvalue weighted by Crippen LogP contribution is -2.35. The Morgan fingerprint density at radius 2 is 1.76 bits per heavy atom. The zero-order chi connectivity index (χ0) is 15.3. The van der Waals surface area contributed by atoms with E-state index in [2.05, 4.69) is 62.2 Å². The predicted molar refractivity (Wildman–Crippen MR) is 84.7 cm³/mol. The summed E-state index contributed by atoms with van der Waals surface area (Å²) >= 11 is 0. The molecule has 1 aliphatic carbocycles. The van der Waals surface area contributed by atoms with E-state index in [1.807, 2.05) is 6.07 Å². The van der Waals surface area contributed by atoms with E-state index in [0.29, 0.717) is 12.7 Å². The van der Waals surface area contributed by atoms with Crippen molar-refractivity contribution in [3.8, 4) is 0 Å². The molecule has 2 fully saturated rings. The van der Waals surface area contributed by atoms with E-state index in [1.165, 1.54) is 5.56 Å². The smallest absolute Gasteiger partial charge is 0.241 e. The summed E-state index contributed by atoms with van der Waals surface area (Å²) in [6.45, 7) is 9.77. The molecule has 114 valence electrons. The molecule has 1 aromatic rings. The molecule has 1 saturated carbocycles. The van der Waals surface area contributed by atoms with Crippen LogP contribution in [-0.4, -0.2) is 29.6 Å². The van der Waals surface area contributed by atoms with Crippen LogP contribution < -0.4 is 5.32 Å². The van der Waals surface area contributed by atoms with Gasteiger partial charge in [-0.3, -0.25) is 10.1 Å². The maximum absolute atomic E-state index is 12.6. The highest BCUT2D eigenvalue weighted by Gasteiger charge is 2.68. The highest BCUT2D eigenvalue weighted by Crippen LogP contribution is 2.65. The molecule has 1 unspecified atom stereocenters. The van der Waals surface area contributed by atoms with Crippen LogP contribution in [0.1, 0.15) is 39.7 Å². The van der Waals surface area contributed by atoms with Crippen molar-refractivity contribution in [3.63, 3.8) is 0 Å². The van der Waals surface area contributed by atoms with Gasteiger partial charge in [0.25, 0.3) is 0 Å². The minimum Gasteiger partial charge on any atom is -0.324 e. The van der Waals surface area contributed by atoms with Gasteiger partial charge < -0.3 is 4.90 Å². The summed E-state index contributed by atoms with van der Waals surface area (Å²) in [5.41, 5.74) is 1.75. The predicted octanol–water partition coefficient (Wildman–Crippen LogP) is 2.81. The van der Waals surface area contributed by atoms with Gasteiger partial charge in [-0.05, 0) is 29.2 Å². The highest BCUT2D eigenvalue weighted by molar-refractivity contribution is 5.84. The minimum atomic E-state index is -0.0163. The second-order valence-corrected chi connectivity index (χ2v) is 7.59. The second kappa shape index (κ2) is 4.84. The van der Waals surface area contributed by atoms with Gasteiger partial charge in [-0.1, -0.05) is 58.0 Å². The molecule has 3 nitrogen and oxygen atoms in total. The van der Waals surface area contributed by atoms with Crippen LogP contribution in [0, 0.1) is 10.8 Å². The number of hydrogen-bond donors (Lipinski definition) is 1. The van der Waals surface area contributed by atoms with Gasteiger partial charge >= 0.3 is 0 Å². The summed E-state index contributed by atoms with van der Waals surface area (Å²) < 4.78 is 0. The lowest BCUT2D eigenvalue weighted by molar-refractivity contribution is -0.130. The third-order valence-electron chi connectivity index (χ3n) is 5.91. The summed E-state index contributed by atoms with van der Waals surface area (Å²) in [4.78, 5) is 14.7. The number of nitrogens with zero attached hydrogens (tertiary/aromatic N) is 1. The van der Waals surface area contributed by atoms with Crippen LogP contribution in [0.2, 0.25) is 0 Å². The molecule has 1 atom stereocenters. The Balaban J connectivity index is 1.60. The van der Waals surface area contributed by atoms with Crippen LogP contribution in [0.15, 0.2) is 30.3 Å². The van der Waals surface area contributed by atoms with Crippen LogP contribution >= 0.6 is 0 Å². The molecule has 3 rings (SSSR count). The van der Waals surface area contributed by atoms with E-state index in [1.54, 1.807) is 0 Å². The van der Waals surface area contributed by atoms with Gasteiger partial charge in [0, 0.05) is 6.04 Å². The molecule has 21 heavy (non-hydrogen) atoms. The Labute approximate surface area is 127 Å². The van der Waals surface area contributed by atoms with Crippen molar-refractivity contribution >= 4 is 5.91 Å². The molecule has 3 heteroatoms. The van der Waals surface area contributed by atoms with Crippen LogP contribution in [0.25, 0.3) is 0 Å². The fourth-order valence-corrected chi connectivity index (χ4v) is 3.91. The van der Waals surface area contributed by atoms with Gasteiger partial charge in [-0.25, -0.2) is 0 Å². The molecule has 1 aliphatic heterocycles. The molecule has 0 aromatic heterocycles. The molecule has 0 radical (unpaired) electrons. The summed E-state index contributed by atoms with van der Waals surface area (Å²) in [5.74, 6) is 0.287. The molecule has 0 bridgehead atoms. The third-order valence-corrected chi connectivity index (χ3v) is 5.91. The Bertz CT molecular complexity index is 521. The lowest BCUT2D eigenvalue weighted by Gasteiger charge is -2.18. The van der Waals surface area contributed by atoms with Crippen molar-refractivity contribution in [1.82, 2.24) is 10.2 Å². The fourth-order valence-electron chi connectivity index (χ4n) is 3.91.